The Bertz CT molecular complexity index is 1250. The van der Waals surface area contributed by atoms with Gasteiger partial charge in [0.2, 0.25) is 5.91 Å². The van der Waals surface area contributed by atoms with Gasteiger partial charge in [0.15, 0.2) is 0 Å². The second-order valence-electron chi connectivity index (χ2n) is 6.95. The second kappa shape index (κ2) is 9.09. The van der Waals surface area contributed by atoms with E-state index in [9.17, 15) is 9.59 Å². The summed E-state index contributed by atoms with van der Waals surface area (Å²) in [5.74, 6) is 0.0962. The van der Waals surface area contributed by atoms with Crippen LogP contribution in [0, 0.1) is 0 Å². The predicted molar refractivity (Wildman–Crippen MR) is 121 cm³/mol. The number of nitrogens with zero attached hydrogens (tertiary/aromatic N) is 1. The molecule has 154 valence electrons. The monoisotopic (exact) mass is 411 g/mol. The van der Waals surface area contributed by atoms with Crippen LogP contribution in [-0.4, -0.2) is 23.9 Å². The number of aromatic nitrogens is 1. The largest absolute Gasteiger partial charge is 0.497 e. The summed E-state index contributed by atoms with van der Waals surface area (Å²) >= 11 is 0. The average Bonchev–Trinajstić information content (AvgIpc) is 2.79. The van der Waals surface area contributed by atoms with Crippen molar-refractivity contribution in [3.63, 3.8) is 0 Å². The Morgan fingerprint density at radius 3 is 2.58 bits per heavy atom. The maximum absolute atomic E-state index is 12.8. The van der Waals surface area contributed by atoms with Crippen molar-refractivity contribution in [2.24, 2.45) is 0 Å². The summed E-state index contributed by atoms with van der Waals surface area (Å²) < 4.78 is 5.19. The van der Waals surface area contributed by atoms with Gasteiger partial charge < -0.3 is 15.4 Å². The van der Waals surface area contributed by atoms with E-state index in [0.29, 0.717) is 22.7 Å². The fourth-order valence-corrected chi connectivity index (χ4v) is 3.37. The average molecular weight is 411 g/mol. The lowest BCUT2D eigenvalue weighted by Gasteiger charge is -2.12. The molecule has 0 spiro atoms. The molecule has 2 amide bonds. The van der Waals surface area contributed by atoms with E-state index in [0.717, 1.165) is 16.5 Å². The van der Waals surface area contributed by atoms with E-state index in [1.54, 1.807) is 61.8 Å². The van der Waals surface area contributed by atoms with Gasteiger partial charge in [0, 0.05) is 23.3 Å². The van der Waals surface area contributed by atoms with Crippen LogP contribution in [0.3, 0.4) is 0 Å². The van der Waals surface area contributed by atoms with Crippen LogP contribution in [-0.2, 0) is 11.2 Å². The van der Waals surface area contributed by atoms with Crippen molar-refractivity contribution in [2.45, 2.75) is 6.42 Å². The van der Waals surface area contributed by atoms with Gasteiger partial charge in [0.1, 0.15) is 5.75 Å². The molecule has 0 fully saturated rings. The number of hydrogen-bond acceptors (Lipinski definition) is 4. The summed E-state index contributed by atoms with van der Waals surface area (Å²) in [5.41, 5.74) is 3.04. The van der Waals surface area contributed by atoms with Crippen LogP contribution in [0.4, 0.5) is 11.4 Å². The number of para-hydroxylation sites is 2. The zero-order valence-corrected chi connectivity index (χ0v) is 17.0. The van der Waals surface area contributed by atoms with Gasteiger partial charge in [-0.25, -0.2) is 0 Å². The van der Waals surface area contributed by atoms with E-state index < -0.39 is 0 Å². The molecule has 4 aromatic rings. The third-order valence-corrected chi connectivity index (χ3v) is 4.84. The van der Waals surface area contributed by atoms with E-state index in [1.165, 1.54) is 0 Å². The van der Waals surface area contributed by atoms with Gasteiger partial charge in [-0.05, 0) is 35.9 Å². The molecule has 6 heteroatoms. The molecule has 0 aliphatic carbocycles. The second-order valence-corrected chi connectivity index (χ2v) is 6.95. The minimum absolute atomic E-state index is 0.153. The van der Waals surface area contributed by atoms with Crippen LogP contribution in [0.25, 0.3) is 10.9 Å². The number of nitrogens with one attached hydrogen (secondary N) is 2. The topological polar surface area (TPSA) is 80.3 Å². The highest BCUT2D eigenvalue weighted by Gasteiger charge is 2.15. The van der Waals surface area contributed by atoms with E-state index in [2.05, 4.69) is 15.6 Å². The van der Waals surface area contributed by atoms with E-state index >= 15 is 0 Å². The van der Waals surface area contributed by atoms with Crippen molar-refractivity contribution in [3.05, 3.63) is 96.2 Å². The van der Waals surface area contributed by atoms with Crippen LogP contribution in [0.1, 0.15) is 15.9 Å². The van der Waals surface area contributed by atoms with Gasteiger partial charge in [-0.15, -0.1) is 0 Å². The van der Waals surface area contributed by atoms with Gasteiger partial charge in [0.05, 0.1) is 30.3 Å². The molecule has 31 heavy (non-hydrogen) atoms. The van der Waals surface area contributed by atoms with Gasteiger partial charge >= 0.3 is 0 Å². The number of rotatable bonds is 6. The number of fused-ring (bicyclic) bond motifs is 1. The van der Waals surface area contributed by atoms with Crippen LogP contribution < -0.4 is 15.4 Å². The van der Waals surface area contributed by atoms with Gasteiger partial charge in [0.25, 0.3) is 5.91 Å². The maximum Gasteiger partial charge on any atom is 0.257 e. The molecule has 0 bridgehead atoms. The molecule has 4 rings (SSSR count). The van der Waals surface area contributed by atoms with Crippen molar-refractivity contribution in [2.75, 3.05) is 17.7 Å². The summed E-state index contributed by atoms with van der Waals surface area (Å²) in [6.07, 6.45) is 1.86. The van der Waals surface area contributed by atoms with Gasteiger partial charge in [-0.1, -0.05) is 42.5 Å². The number of hydrogen-bond donors (Lipinski definition) is 2. The van der Waals surface area contributed by atoms with Gasteiger partial charge in [-0.3, -0.25) is 14.6 Å². The minimum atomic E-state index is -0.323. The first-order valence-electron chi connectivity index (χ1n) is 9.81. The molecule has 1 aromatic heterocycles. The number of amides is 2. The molecule has 0 saturated heterocycles. The first kappa shape index (κ1) is 20.1. The molecule has 0 saturated carbocycles. The first-order chi connectivity index (χ1) is 15.1. The quantitative estimate of drug-likeness (QED) is 0.483. The number of methoxy groups -OCH3 is 1. The number of carbonyl (C=O) groups excluding carboxylic acids is 2. The van der Waals surface area contributed by atoms with Crippen molar-refractivity contribution >= 4 is 34.1 Å². The number of carbonyl (C=O) groups is 2. The Morgan fingerprint density at radius 1 is 0.903 bits per heavy atom. The van der Waals surface area contributed by atoms with E-state index in [4.69, 9.17) is 4.74 Å². The summed E-state index contributed by atoms with van der Waals surface area (Å²) in [6, 6.07) is 23.6. The smallest absolute Gasteiger partial charge is 0.257 e. The van der Waals surface area contributed by atoms with E-state index in [-0.39, 0.29) is 18.2 Å². The Labute approximate surface area is 179 Å². The molecule has 3 aromatic carbocycles. The zero-order valence-electron chi connectivity index (χ0n) is 17.0. The summed E-state index contributed by atoms with van der Waals surface area (Å²) in [5, 5.41) is 6.68. The molecule has 0 atom stereocenters. The fraction of sp³-hybridized carbons (Fsp3) is 0.0800. The molecule has 0 aliphatic heterocycles. The lowest BCUT2D eigenvalue weighted by molar-refractivity contribution is -0.115. The molecule has 0 unspecified atom stereocenters. The van der Waals surface area contributed by atoms with Crippen molar-refractivity contribution in [1.29, 1.82) is 0 Å². The molecule has 2 N–H and O–H groups in total. The Kier molecular flexibility index (Phi) is 5.89. The third kappa shape index (κ3) is 4.70. The molecular formula is C25H21N3O3. The van der Waals surface area contributed by atoms with Crippen molar-refractivity contribution < 1.29 is 14.3 Å². The summed E-state index contributed by atoms with van der Waals surface area (Å²) in [6.45, 7) is 0. The van der Waals surface area contributed by atoms with E-state index in [1.807, 2.05) is 30.3 Å². The lowest BCUT2D eigenvalue weighted by atomic mass is 10.1. The molecule has 6 nitrogen and oxygen atoms in total. The Morgan fingerprint density at radius 2 is 1.71 bits per heavy atom. The van der Waals surface area contributed by atoms with Gasteiger partial charge in [-0.2, -0.15) is 0 Å². The minimum Gasteiger partial charge on any atom is -0.497 e. The van der Waals surface area contributed by atoms with Crippen LogP contribution >= 0.6 is 0 Å². The highest BCUT2D eigenvalue weighted by molar-refractivity contribution is 6.10. The zero-order chi connectivity index (χ0) is 21.6. The number of anilines is 2. The number of ether oxygens (including phenoxy) is 1. The highest BCUT2D eigenvalue weighted by atomic mass is 16.5. The SMILES string of the molecule is COc1cccc(NC(=O)c2ccccc2NC(=O)Cc2cccc3cccnc23)c1. The highest BCUT2D eigenvalue weighted by Crippen LogP contribution is 2.21. The number of benzene rings is 3. The van der Waals surface area contributed by atoms with Crippen molar-refractivity contribution in [3.8, 4) is 5.75 Å². The normalized spacial score (nSPS) is 10.5. The predicted octanol–water partition coefficient (Wildman–Crippen LogP) is 4.68. The van der Waals surface area contributed by atoms with Crippen molar-refractivity contribution in [1.82, 2.24) is 4.98 Å². The first-order valence-corrected chi connectivity index (χ1v) is 9.81. The number of pyridine rings is 1. The molecular weight excluding hydrogens is 390 g/mol. The van der Waals surface area contributed by atoms with Crippen LogP contribution in [0.15, 0.2) is 85.1 Å². The van der Waals surface area contributed by atoms with Crippen LogP contribution in [0.2, 0.25) is 0 Å². The molecule has 0 aliphatic rings. The van der Waals surface area contributed by atoms with Crippen LogP contribution in [0.5, 0.6) is 5.75 Å². The summed E-state index contributed by atoms with van der Waals surface area (Å²) in [4.78, 5) is 30.0. The molecule has 1 heterocycles. The fourth-order valence-electron chi connectivity index (χ4n) is 3.37. The standard InChI is InChI=1S/C25H21N3O3/c1-31-20-11-5-10-19(16-20)27-25(30)21-12-2-3-13-22(21)28-23(29)15-18-8-4-7-17-9-6-14-26-24(17)18/h2-14,16H,15H2,1H3,(H,27,30)(H,28,29). The third-order valence-electron chi connectivity index (χ3n) is 4.84. The molecule has 0 radical (unpaired) electrons. The Hall–Kier alpha value is -4.19. The lowest BCUT2D eigenvalue weighted by Crippen LogP contribution is -2.19. The maximum atomic E-state index is 12.8. The Balaban J connectivity index is 1.51. The summed E-state index contributed by atoms with van der Waals surface area (Å²) in [7, 11) is 1.57.